The van der Waals surface area contributed by atoms with Crippen LogP contribution in [0.3, 0.4) is 0 Å². The summed E-state index contributed by atoms with van der Waals surface area (Å²) in [6.45, 7) is 0. The van der Waals surface area contributed by atoms with Gasteiger partial charge in [0.15, 0.2) is 0 Å². The lowest BCUT2D eigenvalue weighted by atomic mass is 10.2. The van der Waals surface area contributed by atoms with Crippen LogP contribution in [-0.2, 0) is 0 Å². The van der Waals surface area contributed by atoms with Gasteiger partial charge in [-0.05, 0) is 56.1 Å². The molecule has 0 spiro atoms. The molecule has 0 saturated carbocycles. The van der Waals surface area contributed by atoms with Gasteiger partial charge in [0, 0.05) is 22.6 Å². The quantitative estimate of drug-likeness (QED) is 0.872. The average molecular weight is 386 g/mol. The molecule has 0 aliphatic heterocycles. The van der Waals surface area contributed by atoms with E-state index in [1.165, 1.54) is 6.20 Å². The second-order valence-corrected chi connectivity index (χ2v) is 5.47. The van der Waals surface area contributed by atoms with Gasteiger partial charge in [0.2, 0.25) is 0 Å². The van der Waals surface area contributed by atoms with Crippen molar-refractivity contribution in [3.8, 4) is 5.75 Å². The SMILES string of the molecule is COc1ccc(NC(=O)c2cncc(Br)c2)cc1Br. The maximum Gasteiger partial charge on any atom is 0.257 e. The van der Waals surface area contributed by atoms with Crippen LogP contribution in [0.5, 0.6) is 5.75 Å². The van der Waals surface area contributed by atoms with E-state index in [4.69, 9.17) is 4.74 Å². The molecule has 2 rings (SSSR count). The average Bonchev–Trinajstić information content (AvgIpc) is 2.39. The van der Waals surface area contributed by atoms with Crippen LogP contribution in [0.2, 0.25) is 0 Å². The van der Waals surface area contributed by atoms with Gasteiger partial charge in [-0.3, -0.25) is 9.78 Å². The Hall–Kier alpha value is -1.40. The normalized spacial score (nSPS) is 10.1. The van der Waals surface area contributed by atoms with Crippen LogP contribution in [0.4, 0.5) is 5.69 Å². The highest BCUT2D eigenvalue weighted by Crippen LogP contribution is 2.27. The maximum absolute atomic E-state index is 12.0. The number of benzene rings is 1. The van der Waals surface area contributed by atoms with Crippen LogP contribution in [0.25, 0.3) is 0 Å². The second kappa shape index (κ2) is 6.16. The summed E-state index contributed by atoms with van der Waals surface area (Å²) in [7, 11) is 1.59. The first-order valence-electron chi connectivity index (χ1n) is 5.35. The van der Waals surface area contributed by atoms with Crippen molar-refractivity contribution in [3.63, 3.8) is 0 Å². The molecule has 0 fully saturated rings. The van der Waals surface area contributed by atoms with Crippen LogP contribution in [0, 0.1) is 0 Å². The van der Waals surface area contributed by atoms with Gasteiger partial charge < -0.3 is 10.1 Å². The first kappa shape index (κ1) is 14.0. The van der Waals surface area contributed by atoms with E-state index in [1.807, 2.05) is 0 Å². The number of halogens is 2. The molecular weight excluding hydrogens is 376 g/mol. The van der Waals surface area contributed by atoms with Gasteiger partial charge in [-0.25, -0.2) is 0 Å². The molecule has 98 valence electrons. The zero-order valence-corrected chi connectivity index (χ0v) is 13.2. The molecule has 0 radical (unpaired) electrons. The van der Waals surface area contributed by atoms with Crippen molar-refractivity contribution in [2.24, 2.45) is 0 Å². The van der Waals surface area contributed by atoms with Crippen LogP contribution in [-0.4, -0.2) is 18.0 Å². The van der Waals surface area contributed by atoms with Crippen molar-refractivity contribution < 1.29 is 9.53 Å². The first-order valence-corrected chi connectivity index (χ1v) is 6.94. The first-order chi connectivity index (χ1) is 9.10. The largest absolute Gasteiger partial charge is 0.496 e. The summed E-state index contributed by atoms with van der Waals surface area (Å²) in [6.07, 6.45) is 3.14. The number of carbonyl (C=O) groups is 1. The Labute approximate surface area is 127 Å². The lowest BCUT2D eigenvalue weighted by molar-refractivity contribution is 0.102. The van der Waals surface area contributed by atoms with E-state index in [-0.39, 0.29) is 5.91 Å². The van der Waals surface area contributed by atoms with Gasteiger partial charge in [-0.1, -0.05) is 0 Å². The lowest BCUT2D eigenvalue weighted by Crippen LogP contribution is -2.12. The zero-order chi connectivity index (χ0) is 13.8. The molecule has 0 bridgehead atoms. The minimum Gasteiger partial charge on any atom is -0.496 e. The number of hydrogen-bond donors (Lipinski definition) is 1. The number of amides is 1. The number of rotatable bonds is 3. The summed E-state index contributed by atoms with van der Waals surface area (Å²) in [6, 6.07) is 7.04. The molecule has 0 unspecified atom stereocenters. The summed E-state index contributed by atoms with van der Waals surface area (Å²) in [5.41, 5.74) is 1.17. The molecule has 1 amide bonds. The second-order valence-electron chi connectivity index (χ2n) is 3.70. The summed E-state index contributed by atoms with van der Waals surface area (Å²) < 4.78 is 6.67. The number of carbonyl (C=O) groups excluding carboxylic acids is 1. The standard InChI is InChI=1S/C13H10Br2N2O2/c1-19-12-3-2-10(5-11(12)15)17-13(18)8-4-9(14)7-16-6-8/h2-7H,1H3,(H,17,18). The fourth-order valence-electron chi connectivity index (χ4n) is 1.48. The minimum absolute atomic E-state index is 0.217. The molecule has 2 aromatic rings. The van der Waals surface area contributed by atoms with Gasteiger partial charge in [0.1, 0.15) is 5.75 Å². The van der Waals surface area contributed by atoms with E-state index in [0.717, 1.165) is 8.95 Å². The maximum atomic E-state index is 12.0. The van der Waals surface area contributed by atoms with E-state index in [1.54, 1.807) is 37.6 Å². The molecule has 1 aromatic carbocycles. The monoisotopic (exact) mass is 384 g/mol. The molecule has 1 heterocycles. The summed E-state index contributed by atoms with van der Waals surface area (Å²) in [4.78, 5) is 16.0. The number of anilines is 1. The number of aromatic nitrogens is 1. The Balaban J connectivity index is 2.17. The molecule has 1 N–H and O–H groups in total. The van der Waals surface area contributed by atoms with Crippen LogP contribution in [0.1, 0.15) is 10.4 Å². The molecular formula is C13H10Br2N2O2. The van der Waals surface area contributed by atoms with E-state index >= 15 is 0 Å². The molecule has 0 atom stereocenters. The van der Waals surface area contributed by atoms with Gasteiger partial charge in [-0.15, -0.1) is 0 Å². The topological polar surface area (TPSA) is 51.2 Å². The number of methoxy groups -OCH3 is 1. The van der Waals surface area contributed by atoms with E-state index in [0.29, 0.717) is 17.0 Å². The lowest BCUT2D eigenvalue weighted by Gasteiger charge is -2.08. The molecule has 6 heteroatoms. The third-order valence-corrected chi connectivity index (χ3v) is 3.43. The molecule has 1 aromatic heterocycles. The highest BCUT2D eigenvalue weighted by atomic mass is 79.9. The number of ether oxygens (including phenoxy) is 1. The van der Waals surface area contributed by atoms with Crippen molar-refractivity contribution in [2.75, 3.05) is 12.4 Å². The Morgan fingerprint density at radius 1 is 1.26 bits per heavy atom. The summed E-state index contributed by atoms with van der Waals surface area (Å²) >= 11 is 6.65. The zero-order valence-electron chi connectivity index (χ0n) is 9.98. The summed E-state index contributed by atoms with van der Waals surface area (Å²) in [5.74, 6) is 0.494. The predicted octanol–water partition coefficient (Wildman–Crippen LogP) is 3.87. The van der Waals surface area contributed by atoms with Gasteiger partial charge in [0.25, 0.3) is 5.91 Å². The number of pyridine rings is 1. The number of nitrogens with zero attached hydrogens (tertiary/aromatic N) is 1. The Morgan fingerprint density at radius 2 is 2.05 bits per heavy atom. The third-order valence-electron chi connectivity index (χ3n) is 2.38. The van der Waals surface area contributed by atoms with Crippen molar-refractivity contribution in [2.45, 2.75) is 0 Å². The Kier molecular flexibility index (Phi) is 4.55. The summed E-state index contributed by atoms with van der Waals surface area (Å²) in [5, 5.41) is 2.79. The number of hydrogen-bond acceptors (Lipinski definition) is 3. The van der Waals surface area contributed by atoms with Crippen LogP contribution >= 0.6 is 31.9 Å². The molecule has 0 saturated heterocycles. The smallest absolute Gasteiger partial charge is 0.257 e. The fourth-order valence-corrected chi connectivity index (χ4v) is 2.39. The van der Waals surface area contributed by atoms with E-state index in [2.05, 4.69) is 42.2 Å². The fraction of sp³-hybridized carbons (Fsp3) is 0.0769. The Bertz CT molecular complexity index is 617. The predicted molar refractivity (Wildman–Crippen MR) is 80.6 cm³/mol. The van der Waals surface area contributed by atoms with E-state index < -0.39 is 0 Å². The molecule has 19 heavy (non-hydrogen) atoms. The molecule has 0 aliphatic rings. The van der Waals surface area contributed by atoms with Crippen LogP contribution in [0.15, 0.2) is 45.6 Å². The van der Waals surface area contributed by atoms with Crippen molar-refractivity contribution in [3.05, 3.63) is 51.2 Å². The third kappa shape index (κ3) is 3.54. The number of nitrogens with one attached hydrogen (secondary N) is 1. The highest BCUT2D eigenvalue weighted by Gasteiger charge is 2.08. The Morgan fingerprint density at radius 3 is 2.68 bits per heavy atom. The van der Waals surface area contributed by atoms with Gasteiger partial charge in [0.05, 0.1) is 17.1 Å². The van der Waals surface area contributed by atoms with Crippen LogP contribution < -0.4 is 10.1 Å². The van der Waals surface area contributed by atoms with Gasteiger partial charge >= 0.3 is 0 Å². The molecule has 0 aliphatic carbocycles. The highest BCUT2D eigenvalue weighted by molar-refractivity contribution is 9.10. The minimum atomic E-state index is -0.217. The van der Waals surface area contributed by atoms with Crippen molar-refractivity contribution in [1.29, 1.82) is 0 Å². The van der Waals surface area contributed by atoms with E-state index in [9.17, 15) is 4.79 Å². The van der Waals surface area contributed by atoms with Crippen molar-refractivity contribution >= 4 is 43.5 Å². The van der Waals surface area contributed by atoms with Crippen molar-refractivity contribution in [1.82, 2.24) is 4.98 Å². The molecule has 4 nitrogen and oxygen atoms in total. The van der Waals surface area contributed by atoms with Gasteiger partial charge in [-0.2, -0.15) is 0 Å².